The monoisotopic (exact) mass is 209 g/mol. The highest BCUT2D eigenvalue weighted by Gasteiger charge is 2.51. The van der Waals surface area contributed by atoms with E-state index in [9.17, 15) is 0 Å². The first-order valence-electron chi connectivity index (χ1n) is 5.49. The lowest BCUT2D eigenvalue weighted by Gasteiger charge is -2.09. The number of nitrogens with one attached hydrogen (secondary N) is 1. The van der Waals surface area contributed by atoms with E-state index >= 15 is 0 Å². The Morgan fingerprint density at radius 2 is 2.53 bits per heavy atom. The van der Waals surface area contributed by atoms with E-state index in [1.54, 1.807) is 13.4 Å². The van der Waals surface area contributed by atoms with Gasteiger partial charge >= 0.3 is 0 Å². The first-order valence-corrected chi connectivity index (χ1v) is 5.49. The molecule has 1 fully saturated rings. The summed E-state index contributed by atoms with van der Waals surface area (Å²) < 4.78 is 10.1. The van der Waals surface area contributed by atoms with Crippen LogP contribution in [-0.2, 0) is 10.2 Å². The maximum Gasteiger partial charge on any atom is 0.0940 e. The van der Waals surface area contributed by atoms with Crippen LogP contribution < -0.4 is 5.32 Å². The summed E-state index contributed by atoms with van der Waals surface area (Å²) in [4.78, 5) is 0. The second-order valence-corrected chi connectivity index (χ2v) is 4.53. The SMILES string of the molecule is COCCNCC1CC1(C)c1ccoc1. The fourth-order valence-electron chi connectivity index (χ4n) is 2.14. The molecule has 1 aromatic heterocycles. The molecule has 0 saturated heterocycles. The van der Waals surface area contributed by atoms with Crippen LogP contribution in [0.1, 0.15) is 18.9 Å². The van der Waals surface area contributed by atoms with Crippen LogP contribution in [-0.4, -0.2) is 26.8 Å². The van der Waals surface area contributed by atoms with Gasteiger partial charge in [-0.05, 0) is 30.5 Å². The van der Waals surface area contributed by atoms with Gasteiger partial charge in [-0.15, -0.1) is 0 Å². The van der Waals surface area contributed by atoms with Crippen LogP contribution in [0.4, 0.5) is 0 Å². The van der Waals surface area contributed by atoms with Crippen molar-refractivity contribution in [2.75, 3.05) is 26.8 Å². The minimum absolute atomic E-state index is 0.340. The molecule has 15 heavy (non-hydrogen) atoms. The second kappa shape index (κ2) is 4.37. The third kappa shape index (κ3) is 2.24. The summed E-state index contributed by atoms with van der Waals surface area (Å²) in [5.74, 6) is 0.743. The van der Waals surface area contributed by atoms with Crippen LogP contribution in [0, 0.1) is 5.92 Å². The van der Waals surface area contributed by atoms with Gasteiger partial charge < -0.3 is 14.5 Å². The van der Waals surface area contributed by atoms with E-state index in [0.717, 1.165) is 25.6 Å². The van der Waals surface area contributed by atoms with Gasteiger partial charge in [0.15, 0.2) is 0 Å². The molecule has 1 saturated carbocycles. The molecule has 0 aromatic carbocycles. The standard InChI is InChI=1S/C12H19NO2/c1-12(10-3-5-15-9-10)7-11(12)8-13-4-6-14-2/h3,5,9,11,13H,4,6-8H2,1-2H3. The average molecular weight is 209 g/mol. The van der Waals surface area contributed by atoms with Crippen molar-refractivity contribution in [1.82, 2.24) is 5.32 Å². The van der Waals surface area contributed by atoms with E-state index < -0.39 is 0 Å². The highest BCUT2D eigenvalue weighted by molar-refractivity contribution is 5.29. The molecule has 2 unspecified atom stereocenters. The van der Waals surface area contributed by atoms with Gasteiger partial charge in [0.05, 0.1) is 19.1 Å². The second-order valence-electron chi connectivity index (χ2n) is 4.53. The largest absolute Gasteiger partial charge is 0.472 e. The van der Waals surface area contributed by atoms with Crippen LogP contribution in [0.3, 0.4) is 0 Å². The van der Waals surface area contributed by atoms with Gasteiger partial charge in [0.1, 0.15) is 0 Å². The molecule has 84 valence electrons. The van der Waals surface area contributed by atoms with Gasteiger partial charge in [-0.25, -0.2) is 0 Å². The van der Waals surface area contributed by atoms with E-state index in [1.165, 1.54) is 12.0 Å². The Bertz CT molecular complexity index is 297. The van der Waals surface area contributed by atoms with Gasteiger partial charge in [0.25, 0.3) is 0 Å². The molecule has 0 radical (unpaired) electrons. The molecule has 1 N–H and O–H groups in total. The van der Waals surface area contributed by atoms with Crippen molar-refractivity contribution in [3.05, 3.63) is 24.2 Å². The summed E-state index contributed by atoms with van der Waals surface area (Å²) in [5, 5.41) is 3.41. The smallest absolute Gasteiger partial charge is 0.0940 e. The van der Waals surface area contributed by atoms with Crippen LogP contribution in [0.2, 0.25) is 0 Å². The highest BCUT2D eigenvalue weighted by Crippen LogP contribution is 2.53. The van der Waals surface area contributed by atoms with Crippen LogP contribution in [0.25, 0.3) is 0 Å². The molecule has 1 aliphatic rings. The predicted molar refractivity (Wildman–Crippen MR) is 58.9 cm³/mol. The van der Waals surface area contributed by atoms with Crippen molar-refractivity contribution in [3.63, 3.8) is 0 Å². The summed E-state index contributed by atoms with van der Waals surface area (Å²) >= 11 is 0. The Morgan fingerprint density at radius 1 is 1.67 bits per heavy atom. The Balaban J connectivity index is 1.75. The van der Waals surface area contributed by atoms with E-state index in [-0.39, 0.29) is 0 Å². The maximum atomic E-state index is 5.13. The Hall–Kier alpha value is -0.800. The first kappa shape index (κ1) is 10.7. The van der Waals surface area contributed by atoms with Gasteiger partial charge in [-0.3, -0.25) is 0 Å². The fourth-order valence-corrected chi connectivity index (χ4v) is 2.14. The molecule has 2 atom stereocenters. The fraction of sp³-hybridized carbons (Fsp3) is 0.667. The molecule has 1 aromatic rings. The quantitative estimate of drug-likeness (QED) is 0.725. The van der Waals surface area contributed by atoms with E-state index in [1.807, 2.05) is 6.26 Å². The van der Waals surface area contributed by atoms with Crippen molar-refractivity contribution in [2.45, 2.75) is 18.8 Å². The third-order valence-corrected chi connectivity index (χ3v) is 3.47. The van der Waals surface area contributed by atoms with E-state index in [0.29, 0.717) is 5.41 Å². The number of hydrogen-bond donors (Lipinski definition) is 1. The number of hydrogen-bond acceptors (Lipinski definition) is 3. The van der Waals surface area contributed by atoms with Crippen LogP contribution in [0.15, 0.2) is 23.0 Å². The molecule has 1 heterocycles. The molecule has 1 aliphatic carbocycles. The topological polar surface area (TPSA) is 34.4 Å². The molecular weight excluding hydrogens is 190 g/mol. The third-order valence-electron chi connectivity index (χ3n) is 3.47. The Labute approximate surface area is 90.8 Å². The molecule has 0 amide bonds. The predicted octanol–water partition coefficient (Wildman–Crippen LogP) is 1.79. The zero-order valence-corrected chi connectivity index (χ0v) is 9.45. The van der Waals surface area contributed by atoms with Gasteiger partial charge in [-0.1, -0.05) is 6.92 Å². The summed E-state index contributed by atoms with van der Waals surface area (Å²) in [7, 11) is 1.73. The molecular formula is C12H19NO2. The number of furan rings is 1. The number of rotatable bonds is 6. The molecule has 0 aliphatic heterocycles. The number of methoxy groups -OCH3 is 1. The molecule has 2 rings (SSSR count). The molecule has 0 bridgehead atoms. The zero-order valence-electron chi connectivity index (χ0n) is 9.45. The highest BCUT2D eigenvalue weighted by atomic mass is 16.5. The number of ether oxygens (including phenoxy) is 1. The van der Waals surface area contributed by atoms with Crippen molar-refractivity contribution in [3.8, 4) is 0 Å². The van der Waals surface area contributed by atoms with Gasteiger partial charge in [-0.2, -0.15) is 0 Å². The Kier molecular flexibility index (Phi) is 3.12. The molecule has 3 nitrogen and oxygen atoms in total. The maximum absolute atomic E-state index is 5.13. The zero-order chi connectivity index (χ0) is 10.7. The lowest BCUT2D eigenvalue weighted by Crippen LogP contribution is -2.23. The lowest BCUT2D eigenvalue weighted by molar-refractivity contribution is 0.199. The average Bonchev–Trinajstić information content (AvgIpc) is 2.72. The van der Waals surface area contributed by atoms with Crippen molar-refractivity contribution in [1.29, 1.82) is 0 Å². The van der Waals surface area contributed by atoms with Crippen LogP contribution >= 0.6 is 0 Å². The van der Waals surface area contributed by atoms with Crippen molar-refractivity contribution in [2.24, 2.45) is 5.92 Å². The van der Waals surface area contributed by atoms with E-state index in [2.05, 4.69) is 18.3 Å². The summed E-state index contributed by atoms with van der Waals surface area (Å²) in [6.45, 7) is 5.11. The minimum atomic E-state index is 0.340. The normalized spacial score (nSPS) is 29.3. The molecule has 0 spiro atoms. The van der Waals surface area contributed by atoms with Gasteiger partial charge in [0.2, 0.25) is 0 Å². The Morgan fingerprint density at radius 3 is 3.20 bits per heavy atom. The minimum Gasteiger partial charge on any atom is -0.472 e. The van der Waals surface area contributed by atoms with E-state index in [4.69, 9.17) is 9.15 Å². The van der Waals surface area contributed by atoms with Crippen molar-refractivity contribution >= 4 is 0 Å². The summed E-state index contributed by atoms with van der Waals surface area (Å²) in [6.07, 6.45) is 4.88. The summed E-state index contributed by atoms with van der Waals surface area (Å²) in [5.41, 5.74) is 1.67. The van der Waals surface area contributed by atoms with Crippen LogP contribution in [0.5, 0.6) is 0 Å². The lowest BCUT2D eigenvalue weighted by atomic mass is 9.99. The van der Waals surface area contributed by atoms with Gasteiger partial charge in [0, 0.05) is 19.1 Å². The molecule has 3 heteroatoms. The van der Waals surface area contributed by atoms with Crippen molar-refractivity contribution < 1.29 is 9.15 Å². The summed E-state index contributed by atoms with van der Waals surface area (Å²) in [6, 6.07) is 2.08. The first-order chi connectivity index (χ1) is 7.27.